The molecule has 1 aromatic rings. The zero-order valence-corrected chi connectivity index (χ0v) is 20.1. The van der Waals surface area contributed by atoms with Gasteiger partial charge in [-0.25, -0.2) is 0 Å². The molecule has 1 spiro atoms. The molecule has 33 heavy (non-hydrogen) atoms. The second-order valence-electron chi connectivity index (χ2n) is 11.0. The first-order valence-corrected chi connectivity index (χ1v) is 11.8. The number of benzene rings is 1. The average Bonchev–Trinajstić information content (AvgIpc) is 2.75. The van der Waals surface area contributed by atoms with Crippen LogP contribution >= 0.6 is 0 Å². The first-order valence-electron chi connectivity index (χ1n) is 11.8. The first kappa shape index (κ1) is 23.4. The number of ether oxygens (including phenoxy) is 1. The third-order valence-corrected chi connectivity index (χ3v) is 8.40. The minimum absolute atomic E-state index is 0.0511. The summed E-state index contributed by atoms with van der Waals surface area (Å²) in [4.78, 5) is 41.8. The van der Waals surface area contributed by atoms with Crippen molar-refractivity contribution in [1.82, 2.24) is 0 Å². The Morgan fingerprint density at radius 3 is 2.18 bits per heavy atom. The van der Waals surface area contributed by atoms with Crippen molar-refractivity contribution < 1.29 is 19.1 Å². The molecule has 1 aromatic carbocycles. The normalized spacial score (nSPS) is 31.9. The molecule has 2 aliphatic carbocycles. The van der Waals surface area contributed by atoms with Crippen LogP contribution in [-0.4, -0.2) is 23.0 Å². The fourth-order valence-electron chi connectivity index (χ4n) is 6.33. The Morgan fingerprint density at radius 2 is 1.58 bits per heavy atom. The van der Waals surface area contributed by atoms with E-state index in [-0.39, 0.29) is 29.0 Å². The Bertz CT molecular complexity index is 1050. The standard InChI is InChI=1S/C29H34O4/c1-7-12-19-16-29-17-20(13-8-2)28(5,6)33-26(29)21(23(30)18-14-10-9-11-15-18)24(31)22(25(29)32)27(19,3)4/h7-11,14-15,19-20,22H,1-2,12-13,16-17H2,3-6H3/t19-,20+,22-,29+/m0/s1. The van der Waals surface area contributed by atoms with Gasteiger partial charge in [0.05, 0.1) is 11.3 Å². The molecular formula is C29H34O4. The molecule has 0 radical (unpaired) electrons. The summed E-state index contributed by atoms with van der Waals surface area (Å²) < 4.78 is 6.55. The molecule has 0 N–H and O–H groups in total. The lowest BCUT2D eigenvalue weighted by Gasteiger charge is -2.59. The molecule has 2 fully saturated rings. The summed E-state index contributed by atoms with van der Waals surface area (Å²) in [7, 11) is 0. The predicted octanol–water partition coefficient (Wildman–Crippen LogP) is 5.89. The largest absolute Gasteiger partial charge is 0.490 e. The lowest BCUT2D eigenvalue weighted by Crippen LogP contribution is -2.63. The van der Waals surface area contributed by atoms with Crippen LogP contribution in [-0.2, 0) is 14.3 Å². The highest BCUT2D eigenvalue weighted by molar-refractivity contribution is 6.33. The van der Waals surface area contributed by atoms with Crippen molar-refractivity contribution in [3.05, 3.63) is 72.5 Å². The van der Waals surface area contributed by atoms with Crippen LogP contribution in [0.5, 0.6) is 0 Å². The van der Waals surface area contributed by atoms with Crippen molar-refractivity contribution >= 4 is 17.3 Å². The van der Waals surface area contributed by atoms with E-state index in [1.165, 1.54) is 0 Å². The lowest BCUT2D eigenvalue weighted by molar-refractivity contribution is -0.173. The maximum atomic E-state index is 14.1. The Kier molecular flexibility index (Phi) is 5.63. The minimum Gasteiger partial charge on any atom is -0.490 e. The molecule has 4 heteroatoms. The second-order valence-corrected chi connectivity index (χ2v) is 11.0. The van der Waals surface area contributed by atoms with Gasteiger partial charge in [-0.3, -0.25) is 14.4 Å². The molecule has 0 unspecified atom stereocenters. The van der Waals surface area contributed by atoms with E-state index in [4.69, 9.17) is 4.74 Å². The highest BCUT2D eigenvalue weighted by Gasteiger charge is 2.68. The SMILES string of the molecule is C=CC[C@@H]1C[C@@]23C[C@H](CC=C)C(C)(C)[C@@H](C(=O)C(C(=O)c4ccccc4)=C2OC1(C)C)C3=O. The summed E-state index contributed by atoms with van der Waals surface area (Å²) in [5, 5.41) is 0. The molecule has 0 amide bonds. The van der Waals surface area contributed by atoms with E-state index in [0.29, 0.717) is 37.0 Å². The van der Waals surface area contributed by atoms with E-state index in [1.807, 2.05) is 45.9 Å². The van der Waals surface area contributed by atoms with E-state index in [1.54, 1.807) is 24.3 Å². The zero-order chi connectivity index (χ0) is 24.2. The third-order valence-electron chi connectivity index (χ3n) is 8.40. The van der Waals surface area contributed by atoms with E-state index in [9.17, 15) is 14.4 Å². The van der Waals surface area contributed by atoms with Crippen molar-refractivity contribution in [2.24, 2.45) is 28.6 Å². The van der Waals surface area contributed by atoms with Gasteiger partial charge >= 0.3 is 0 Å². The molecule has 1 heterocycles. The van der Waals surface area contributed by atoms with Gasteiger partial charge in [0.15, 0.2) is 17.3 Å². The topological polar surface area (TPSA) is 60.4 Å². The van der Waals surface area contributed by atoms with Crippen LogP contribution in [0.4, 0.5) is 0 Å². The van der Waals surface area contributed by atoms with E-state index in [2.05, 4.69) is 13.2 Å². The second kappa shape index (κ2) is 7.93. The Morgan fingerprint density at radius 1 is 1.00 bits per heavy atom. The van der Waals surface area contributed by atoms with Crippen LogP contribution < -0.4 is 0 Å². The molecule has 0 aromatic heterocycles. The highest BCUT2D eigenvalue weighted by atomic mass is 16.5. The van der Waals surface area contributed by atoms with Gasteiger partial charge in [0.25, 0.3) is 0 Å². The summed E-state index contributed by atoms with van der Waals surface area (Å²) in [6, 6.07) is 8.82. The average molecular weight is 447 g/mol. The predicted molar refractivity (Wildman–Crippen MR) is 129 cm³/mol. The van der Waals surface area contributed by atoms with Gasteiger partial charge in [-0.2, -0.15) is 0 Å². The maximum Gasteiger partial charge on any atom is 0.200 e. The van der Waals surface area contributed by atoms with Crippen LogP contribution in [0.2, 0.25) is 0 Å². The van der Waals surface area contributed by atoms with Gasteiger partial charge in [-0.1, -0.05) is 56.3 Å². The van der Waals surface area contributed by atoms with Crippen LogP contribution in [0.3, 0.4) is 0 Å². The van der Waals surface area contributed by atoms with Gasteiger partial charge in [0.1, 0.15) is 16.9 Å². The number of carbonyl (C=O) groups excluding carboxylic acids is 3. The van der Waals surface area contributed by atoms with Crippen LogP contribution in [0.15, 0.2) is 67.0 Å². The van der Waals surface area contributed by atoms with Crippen molar-refractivity contribution in [2.45, 2.75) is 59.0 Å². The van der Waals surface area contributed by atoms with Gasteiger partial charge in [0, 0.05) is 11.5 Å². The number of hydrogen-bond donors (Lipinski definition) is 0. The monoisotopic (exact) mass is 446 g/mol. The smallest absolute Gasteiger partial charge is 0.200 e. The number of hydrogen-bond acceptors (Lipinski definition) is 4. The van der Waals surface area contributed by atoms with Crippen molar-refractivity contribution in [3.63, 3.8) is 0 Å². The molecule has 174 valence electrons. The van der Waals surface area contributed by atoms with E-state index in [0.717, 1.165) is 0 Å². The maximum absolute atomic E-state index is 14.1. The van der Waals surface area contributed by atoms with E-state index >= 15 is 0 Å². The van der Waals surface area contributed by atoms with Gasteiger partial charge in [0.2, 0.25) is 0 Å². The van der Waals surface area contributed by atoms with Crippen molar-refractivity contribution in [2.75, 3.05) is 0 Å². The van der Waals surface area contributed by atoms with Crippen LogP contribution in [0.1, 0.15) is 63.7 Å². The van der Waals surface area contributed by atoms with Crippen LogP contribution in [0.25, 0.3) is 0 Å². The zero-order valence-electron chi connectivity index (χ0n) is 20.1. The van der Waals surface area contributed by atoms with Crippen molar-refractivity contribution in [3.8, 4) is 0 Å². The Balaban J connectivity index is 1.99. The Labute approximate surface area is 196 Å². The number of Topliss-reactive ketones (excluding diaryl/α,β-unsaturated/α-hetero) is 3. The fraction of sp³-hybridized carbons (Fsp3) is 0.483. The molecule has 2 bridgehead atoms. The molecule has 1 saturated carbocycles. The number of allylic oxidation sites excluding steroid dienone is 4. The molecule has 4 nitrogen and oxygen atoms in total. The number of fused-ring (bicyclic) bond motifs is 1. The fourth-order valence-corrected chi connectivity index (χ4v) is 6.33. The first-order chi connectivity index (χ1) is 15.5. The lowest BCUT2D eigenvalue weighted by atomic mass is 9.45. The van der Waals surface area contributed by atoms with Crippen LogP contribution in [0, 0.1) is 28.6 Å². The number of rotatable bonds is 6. The molecule has 4 rings (SSSR count). The summed E-state index contributed by atoms with van der Waals surface area (Å²) in [6.07, 6.45) is 6.24. The molecular weight excluding hydrogens is 412 g/mol. The van der Waals surface area contributed by atoms with Gasteiger partial charge in [-0.05, 0) is 50.9 Å². The molecule has 3 aliphatic rings. The molecule has 1 saturated heterocycles. The summed E-state index contributed by atoms with van der Waals surface area (Å²) in [5.41, 5.74) is -1.68. The Hall–Kier alpha value is -2.75. The quantitative estimate of drug-likeness (QED) is 0.237. The van der Waals surface area contributed by atoms with Gasteiger partial charge < -0.3 is 4.74 Å². The summed E-state index contributed by atoms with van der Waals surface area (Å²) >= 11 is 0. The summed E-state index contributed by atoms with van der Waals surface area (Å²) in [6.45, 7) is 15.7. The molecule has 1 aliphatic heterocycles. The van der Waals surface area contributed by atoms with E-state index < -0.39 is 28.1 Å². The molecule has 4 atom stereocenters. The summed E-state index contributed by atoms with van der Waals surface area (Å²) in [5.74, 6) is -1.25. The minimum atomic E-state index is -0.968. The number of ketones is 3. The van der Waals surface area contributed by atoms with Crippen molar-refractivity contribution in [1.29, 1.82) is 0 Å². The van der Waals surface area contributed by atoms with Gasteiger partial charge in [-0.15, -0.1) is 13.2 Å². The highest BCUT2D eigenvalue weighted by Crippen LogP contribution is 2.64. The third kappa shape index (κ3) is 3.37. The number of carbonyl (C=O) groups is 3.